The number of amides is 1. The number of hydrogen-bond acceptors (Lipinski definition) is 4. The van der Waals surface area contributed by atoms with Crippen LogP contribution in [0.25, 0.3) is 5.65 Å². The van der Waals surface area contributed by atoms with E-state index in [-0.39, 0.29) is 27.5 Å². The molecule has 0 aliphatic heterocycles. The fourth-order valence-electron chi connectivity index (χ4n) is 2.23. The molecule has 142 valence electrons. The minimum atomic E-state index is -4.56. The Morgan fingerprint density at radius 2 is 2.07 bits per heavy atom. The lowest BCUT2D eigenvalue weighted by atomic mass is 10.2. The van der Waals surface area contributed by atoms with Crippen molar-refractivity contribution < 1.29 is 18.0 Å². The molecule has 0 atom stereocenters. The zero-order valence-corrected chi connectivity index (χ0v) is 16.8. The number of thioether (sulfide) groups is 1. The summed E-state index contributed by atoms with van der Waals surface area (Å²) in [6.45, 7) is 1.92. The van der Waals surface area contributed by atoms with Crippen LogP contribution in [0.15, 0.2) is 40.1 Å². The van der Waals surface area contributed by atoms with E-state index in [0.717, 1.165) is 38.5 Å². The van der Waals surface area contributed by atoms with Crippen molar-refractivity contribution in [1.29, 1.82) is 0 Å². The molecule has 27 heavy (non-hydrogen) atoms. The second-order valence-corrected chi connectivity index (χ2v) is 7.77. The van der Waals surface area contributed by atoms with Crippen LogP contribution in [0.5, 0.6) is 0 Å². The maximum Gasteiger partial charge on any atom is 0.417 e. The van der Waals surface area contributed by atoms with Gasteiger partial charge in [0.15, 0.2) is 10.8 Å². The summed E-state index contributed by atoms with van der Waals surface area (Å²) in [4.78, 5) is 12.2. The van der Waals surface area contributed by atoms with E-state index >= 15 is 0 Å². The van der Waals surface area contributed by atoms with Crippen molar-refractivity contribution in [2.24, 2.45) is 0 Å². The lowest BCUT2D eigenvalue weighted by molar-refractivity contribution is -0.137. The van der Waals surface area contributed by atoms with Gasteiger partial charge in [-0.3, -0.25) is 9.20 Å². The molecular formula is C16H11BrClF3N4OS. The number of fused-ring (bicyclic) bond motifs is 1. The summed E-state index contributed by atoms with van der Waals surface area (Å²) >= 11 is 10.2. The average Bonchev–Trinajstić information content (AvgIpc) is 2.98. The maximum atomic E-state index is 13.0. The molecule has 0 radical (unpaired) electrons. The summed E-state index contributed by atoms with van der Waals surface area (Å²) in [5.41, 5.74) is 0.796. The number of anilines is 1. The van der Waals surface area contributed by atoms with Gasteiger partial charge in [-0.25, -0.2) is 0 Å². The Morgan fingerprint density at radius 3 is 2.74 bits per heavy atom. The first-order chi connectivity index (χ1) is 12.6. The van der Waals surface area contributed by atoms with Crippen molar-refractivity contribution in [1.82, 2.24) is 14.6 Å². The summed E-state index contributed by atoms with van der Waals surface area (Å²) in [6, 6.07) is 6.25. The predicted molar refractivity (Wildman–Crippen MR) is 101 cm³/mol. The van der Waals surface area contributed by atoms with E-state index in [0.29, 0.717) is 5.69 Å². The molecule has 0 aliphatic carbocycles. The van der Waals surface area contributed by atoms with Gasteiger partial charge in [0, 0.05) is 10.7 Å². The first kappa shape index (κ1) is 20.0. The number of aryl methyl sites for hydroxylation is 1. The van der Waals surface area contributed by atoms with Crippen LogP contribution in [-0.4, -0.2) is 26.3 Å². The van der Waals surface area contributed by atoms with E-state index in [1.165, 1.54) is 0 Å². The number of alkyl halides is 3. The fourth-order valence-corrected chi connectivity index (χ4v) is 3.77. The van der Waals surface area contributed by atoms with Gasteiger partial charge in [-0.15, -0.1) is 10.2 Å². The Balaban J connectivity index is 1.76. The van der Waals surface area contributed by atoms with Crippen LogP contribution in [-0.2, 0) is 11.0 Å². The van der Waals surface area contributed by atoms with Crippen LogP contribution in [0.3, 0.4) is 0 Å². The van der Waals surface area contributed by atoms with Crippen molar-refractivity contribution in [2.45, 2.75) is 18.3 Å². The van der Waals surface area contributed by atoms with Gasteiger partial charge in [0.2, 0.25) is 5.91 Å². The van der Waals surface area contributed by atoms with E-state index in [4.69, 9.17) is 11.6 Å². The Bertz CT molecular complexity index is 1020. The lowest BCUT2D eigenvalue weighted by Crippen LogP contribution is -2.14. The van der Waals surface area contributed by atoms with E-state index in [2.05, 4.69) is 31.4 Å². The van der Waals surface area contributed by atoms with Gasteiger partial charge < -0.3 is 5.32 Å². The number of hydrogen-bond donors (Lipinski definition) is 1. The number of nitrogens with zero attached hydrogens (tertiary/aromatic N) is 3. The third kappa shape index (κ3) is 4.56. The van der Waals surface area contributed by atoms with E-state index in [1.807, 2.05) is 19.1 Å². The van der Waals surface area contributed by atoms with Gasteiger partial charge in [-0.05, 0) is 46.6 Å². The van der Waals surface area contributed by atoms with Crippen LogP contribution in [0.1, 0.15) is 11.1 Å². The molecule has 0 unspecified atom stereocenters. The van der Waals surface area contributed by atoms with Gasteiger partial charge >= 0.3 is 6.18 Å². The van der Waals surface area contributed by atoms with Crippen molar-refractivity contribution in [2.75, 3.05) is 11.1 Å². The van der Waals surface area contributed by atoms with Gasteiger partial charge in [-0.1, -0.05) is 29.4 Å². The highest BCUT2D eigenvalue weighted by atomic mass is 79.9. The third-order valence-electron chi connectivity index (χ3n) is 3.49. The molecule has 11 heteroatoms. The minimum absolute atomic E-state index is 0.0605. The first-order valence-corrected chi connectivity index (χ1v) is 9.61. The van der Waals surface area contributed by atoms with Crippen LogP contribution in [0.2, 0.25) is 5.02 Å². The molecule has 0 fully saturated rings. The molecule has 1 aromatic carbocycles. The first-order valence-electron chi connectivity index (χ1n) is 7.45. The van der Waals surface area contributed by atoms with Gasteiger partial charge in [0.25, 0.3) is 0 Å². The number of halogens is 5. The highest BCUT2D eigenvalue weighted by Gasteiger charge is 2.32. The molecule has 2 aromatic heterocycles. The monoisotopic (exact) mass is 478 g/mol. The number of carbonyl (C=O) groups excluding carboxylic acids is 1. The second kappa shape index (κ2) is 7.69. The number of aromatic nitrogens is 3. The molecule has 0 spiro atoms. The van der Waals surface area contributed by atoms with Gasteiger partial charge in [0.05, 0.1) is 22.0 Å². The standard InChI is InChI=1S/C16H11BrClF3N4OS/c1-8-2-3-12(10(17)4-8)22-13(26)7-27-15-24-23-14-11(18)5-9(6-25(14)15)16(19,20)21/h2-6H,7H2,1H3,(H,22,26). The highest BCUT2D eigenvalue weighted by Crippen LogP contribution is 2.33. The van der Waals surface area contributed by atoms with Crippen LogP contribution in [0, 0.1) is 6.92 Å². The molecule has 0 saturated heterocycles. The highest BCUT2D eigenvalue weighted by molar-refractivity contribution is 9.10. The normalized spacial score (nSPS) is 11.8. The minimum Gasteiger partial charge on any atom is -0.324 e. The van der Waals surface area contributed by atoms with Gasteiger partial charge in [-0.2, -0.15) is 13.2 Å². The molecule has 3 aromatic rings. The summed E-state index contributed by atoms with van der Waals surface area (Å²) in [5.74, 6) is -0.394. The second-order valence-electron chi connectivity index (χ2n) is 5.57. The average molecular weight is 480 g/mol. The molecule has 0 bridgehead atoms. The number of benzene rings is 1. The van der Waals surface area contributed by atoms with Crippen LogP contribution >= 0.6 is 39.3 Å². The predicted octanol–water partition coefficient (Wildman–Crippen LogP) is 5.20. The zero-order chi connectivity index (χ0) is 19.8. The summed E-state index contributed by atoms with van der Waals surface area (Å²) < 4.78 is 40.8. The van der Waals surface area contributed by atoms with Gasteiger partial charge in [0.1, 0.15) is 0 Å². The maximum absolute atomic E-state index is 13.0. The number of rotatable bonds is 4. The lowest BCUT2D eigenvalue weighted by Gasteiger charge is -2.09. The van der Waals surface area contributed by atoms with Crippen LogP contribution < -0.4 is 5.32 Å². The van der Waals surface area contributed by atoms with Crippen LogP contribution in [0.4, 0.5) is 18.9 Å². The number of carbonyl (C=O) groups is 1. The molecule has 0 saturated carbocycles. The number of nitrogens with one attached hydrogen (secondary N) is 1. The summed E-state index contributed by atoms with van der Waals surface area (Å²) in [5, 5.41) is 10.3. The topological polar surface area (TPSA) is 59.3 Å². The van der Waals surface area contributed by atoms with E-state index in [9.17, 15) is 18.0 Å². The molecule has 1 amide bonds. The number of pyridine rings is 1. The Labute approximate surface area is 169 Å². The third-order valence-corrected chi connectivity index (χ3v) is 5.36. The molecule has 3 rings (SSSR count). The molecule has 5 nitrogen and oxygen atoms in total. The molecule has 2 heterocycles. The van der Waals surface area contributed by atoms with Crippen molar-refractivity contribution in [3.63, 3.8) is 0 Å². The van der Waals surface area contributed by atoms with E-state index < -0.39 is 11.7 Å². The Hall–Kier alpha value is -1.78. The molecular weight excluding hydrogens is 469 g/mol. The van der Waals surface area contributed by atoms with Crippen molar-refractivity contribution in [3.05, 3.63) is 51.1 Å². The zero-order valence-electron chi connectivity index (χ0n) is 13.6. The fraction of sp³-hybridized carbons (Fsp3) is 0.188. The molecule has 1 N–H and O–H groups in total. The summed E-state index contributed by atoms with van der Waals surface area (Å²) in [6.07, 6.45) is -3.70. The summed E-state index contributed by atoms with van der Waals surface area (Å²) in [7, 11) is 0. The van der Waals surface area contributed by atoms with Crippen molar-refractivity contribution in [3.8, 4) is 0 Å². The SMILES string of the molecule is Cc1ccc(NC(=O)CSc2nnc3c(Cl)cc(C(F)(F)F)cn23)c(Br)c1. The Kier molecular flexibility index (Phi) is 5.68. The smallest absolute Gasteiger partial charge is 0.324 e. The largest absolute Gasteiger partial charge is 0.417 e. The van der Waals surface area contributed by atoms with Crippen molar-refractivity contribution >= 4 is 56.5 Å². The quantitative estimate of drug-likeness (QED) is 0.522. The van der Waals surface area contributed by atoms with E-state index in [1.54, 1.807) is 6.07 Å². The molecule has 0 aliphatic rings. The Morgan fingerprint density at radius 1 is 1.33 bits per heavy atom.